The Balaban J connectivity index is 3.60. The van der Waals surface area contributed by atoms with Gasteiger partial charge in [-0.1, -0.05) is 58.4 Å². The van der Waals surface area contributed by atoms with Crippen LogP contribution in [0.1, 0.15) is 90.7 Å². The van der Waals surface area contributed by atoms with E-state index in [1.54, 1.807) is 53.7 Å². The van der Waals surface area contributed by atoms with Crippen molar-refractivity contribution in [2.45, 2.75) is 129 Å². The molecule has 6 amide bonds. The highest BCUT2D eigenvalue weighted by molar-refractivity contribution is 6.32. The van der Waals surface area contributed by atoms with Gasteiger partial charge in [0.2, 0.25) is 35.4 Å². The van der Waals surface area contributed by atoms with Crippen LogP contribution in [0.3, 0.4) is 0 Å². The molecule has 0 heterocycles. The Labute approximate surface area is 364 Å². The number of rotatable bonds is 27. The number of aryl methyl sites for hydroxylation is 1. The van der Waals surface area contributed by atoms with E-state index in [2.05, 4.69) is 38.5 Å². The Kier molecular flexibility index (Phi) is 22.9. The predicted octanol–water partition coefficient (Wildman–Crippen LogP) is -0.0841. The Morgan fingerprint density at radius 2 is 1.29 bits per heavy atom. The molecule has 0 saturated heterocycles. The number of nitrogens with one attached hydrogen (secondary N) is 6. The van der Waals surface area contributed by atoms with Crippen molar-refractivity contribution in [2.75, 3.05) is 0 Å². The van der Waals surface area contributed by atoms with Crippen LogP contribution in [-0.2, 0) is 54.2 Å². The molecule has 1 aromatic rings. The average molecular weight is 897 g/mol. The summed E-state index contributed by atoms with van der Waals surface area (Å²) in [4.78, 5) is 115. The lowest BCUT2D eigenvalue weighted by Gasteiger charge is -2.34. The first-order valence-electron chi connectivity index (χ1n) is 19.6. The van der Waals surface area contributed by atoms with Gasteiger partial charge in [-0.2, -0.15) is 0 Å². The minimum Gasteiger partial charge on any atom is -0.481 e. The van der Waals surface area contributed by atoms with Crippen LogP contribution in [0.2, 0.25) is 5.02 Å². The van der Waals surface area contributed by atoms with E-state index in [-0.39, 0.29) is 25.2 Å². The monoisotopic (exact) mass is 896 g/mol. The smallest absolute Gasteiger partial charge is 0.481 e. The van der Waals surface area contributed by atoms with Crippen LogP contribution >= 0.6 is 11.6 Å². The number of amides is 6. The Bertz CT molecular complexity index is 1790. The highest BCUT2D eigenvalue weighted by Gasteiger charge is 2.38. The molecule has 21 nitrogen and oxygen atoms in total. The van der Waals surface area contributed by atoms with E-state index in [0.717, 1.165) is 0 Å². The molecule has 0 aliphatic rings. The molecule has 0 spiro atoms. The summed E-state index contributed by atoms with van der Waals surface area (Å²) < 4.78 is 4.91. The van der Waals surface area contributed by atoms with E-state index >= 15 is 0 Å². The first kappa shape index (κ1) is 54.4. The maximum Gasteiger partial charge on any atom is 0.635 e. The largest absolute Gasteiger partial charge is 0.635 e. The number of benzene rings is 1. The maximum atomic E-state index is 14.3. The fraction of sp³-hybridized carbons (Fsp3) is 0.564. The molecule has 23 heteroatoms. The van der Waals surface area contributed by atoms with Crippen molar-refractivity contribution >= 4 is 72.3 Å². The molecule has 0 bridgehead atoms. The van der Waals surface area contributed by atoms with Gasteiger partial charge < -0.3 is 61.9 Å². The van der Waals surface area contributed by atoms with Gasteiger partial charge in [-0.05, 0) is 54.4 Å². The molecule has 62 heavy (non-hydrogen) atoms. The molecule has 0 saturated carbocycles. The zero-order chi connectivity index (χ0) is 47.5. The summed E-state index contributed by atoms with van der Waals surface area (Å²) in [6, 6.07) is -2.98. The minimum absolute atomic E-state index is 0.0263. The summed E-state index contributed by atoms with van der Waals surface area (Å²) in [6.45, 7) is 13.7. The molecule has 0 aliphatic heterocycles. The van der Waals surface area contributed by atoms with Gasteiger partial charge in [0.15, 0.2) is 0 Å². The van der Waals surface area contributed by atoms with Gasteiger partial charge in [0, 0.05) is 30.7 Å². The Hall–Kier alpha value is -5.58. The quantitative estimate of drug-likeness (QED) is 0.0313. The first-order valence-corrected chi connectivity index (χ1v) is 20.0. The van der Waals surface area contributed by atoms with Gasteiger partial charge in [0.1, 0.15) is 36.4 Å². The Morgan fingerprint density at radius 3 is 1.81 bits per heavy atom. The normalized spacial score (nSPS) is 14.1. The van der Waals surface area contributed by atoms with Gasteiger partial charge in [-0.3, -0.25) is 43.2 Å². The lowest BCUT2D eigenvalue weighted by molar-refractivity contribution is -0.142. The van der Waals surface area contributed by atoms with E-state index < -0.39 is 135 Å². The highest BCUT2D eigenvalue weighted by Crippen LogP contribution is 2.22. The molecular weight excluding hydrogens is 839 g/mol. The van der Waals surface area contributed by atoms with Crippen molar-refractivity contribution in [3.63, 3.8) is 0 Å². The maximum absolute atomic E-state index is 14.3. The highest BCUT2D eigenvalue weighted by atomic mass is 35.5. The van der Waals surface area contributed by atoms with Crippen LogP contribution in [0, 0.1) is 18.3 Å². The Morgan fingerprint density at radius 1 is 0.742 bits per heavy atom. The van der Waals surface area contributed by atoms with Gasteiger partial charge in [0.25, 0.3) is 0 Å². The third kappa shape index (κ3) is 20.8. The molecule has 0 fully saturated rings. The molecule has 1 aromatic carbocycles. The van der Waals surface area contributed by atoms with Crippen molar-refractivity contribution in [1.29, 1.82) is 0 Å². The van der Waals surface area contributed by atoms with Crippen molar-refractivity contribution in [2.24, 2.45) is 11.3 Å². The van der Waals surface area contributed by atoms with Gasteiger partial charge >= 0.3 is 25.2 Å². The molecule has 0 aliphatic carbocycles. The second-order valence-corrected chi connectivity index (χ2v) is 16.4. The second-order valence-electron chi connectivity index (χ2n) is 15.9. The number of carbonyl (C=O) groups is 9. The second kappa shape index (κ2) is 26.0. The van der Waals surface area contributed by atoms with Crippen molar-refractivity contribution in [3.05, 3.63) is 47.0 Å². The standard InChI is InChI=1S/C39H58BClN6O15/c1-8-9-29(62-40(60)61)46-36(57)25(16-20(2)3)45-38(59)33(39(5,6)7)47-37(58)26(18-22-10-11-23(41)17-21(22)4)44-34(55)24(12-14-30(49)50)43-35(56)27(19-32(53)54)42-28(48)13-15-31(51)52/h8,10-11,17,20,24-27,29,33,60-61H,1,9,12-16,18-19H2,2-7H3,(H,42,48)(H,43,56)(H,44,55)(H,45,59)(H,46,57)(H,47,58)(H,49,50)(H,51,52)(H,53,54)/t24-,25-,26-,27-,29?,33+/m0/s1. The number of carbonyl (C=O) groups excluding carboxylic acids is 6. The first-order chi connectivity index (χ1) is 28.7. The number of hydrogen-bond acceptors (Lipinski definition) is 12. The number of carboxylic acids is 3. The van der Waals surface area contributed by atoms with Crippen molar-refractivity contribution < 1.29 is 73.2 Å². The van der Waals surface area contributed by atoms with Crippen LogP contribution in [0.4, 0.5) is 0 Å². The van der Waals surface area contributed by atoms with Crippen LogP contribution in [-0.4, -0.2) is 122 Å². The molecule has 11 N–H and O–H groups in total. The van der Waals surface area contributed by atoms with E-state index in [1.807, 2.05) is 0 Å². The third-order valence-corrected chi connectivity index (χ3v) is 9.20. The van der Waals surface area contributed by atoms with E-state index in [9.17, 15) is 63.4 Å². The fourth-order valence-corrected chi connectivity index (χ4v) is 6.08. The number of halogens is 1. The molecule has 1 rings (SSSR count). The van der Waals surface area contributed by atoms with Gasteiger partial charge in [-0.25, -0.2) is 0 Å². The van der Waals surface area contributed by atoms with E-state index in [1.165, 1.54) is 12.1 Å². The van der Waals surface area contributed by atoms with Crippen LogP contribution in [0.25, 0.3) is 0 Å². The predicted molar refractivity (Wildman–Crippen MR) is 222 cm³/mol. The van der Waals surface area contributed by atoms with Gasteiger partial charge in [0.05, 0.1) is 12.8 Å². The molecule has 1 unspecified atom stereocenters. The minimum atomic E-state index is -2.23. The lowest BCUT2D eigenvalue weighted by Crippen LogP contribution is -2.62. The van der Waals surface area contributed by atoms with Crippen LogP contribution in [0.5, 0.6) is 0 Å². The summed E-state index contributed by atoms with van der Waals surface area (Å²) in [5.41, 5.74) is 0.0436. The lowest BCUT2D eigenvalue weighted by atomic mass is 9.85. The molecule has 0 radical (unpaired) electrons. The van der Waals surface area contributed by atoms with E-state index in [0.29, 0.717) is 16.1 Å². The molecule has 6 atom stereocenters. The van der Waals surface area contributed by atoms with E-state index in [4.69, 9.17) is 21.4 Å². The number of hydrogen-bond donors (Lipinski definition) is 11. The van der Waals surface area contributed by atoms with Crippen LogP contribution in [0.15, 0.2) is 30.9 Å². The number of carboxylic acid groups (broad SMARTS) is 3. The summed E-state index contributed by atoms with van der Waals surface area (Å²) in [7, 11) is -2.23. The topological polar surface area (TPSA) is 336 Å². The molecule has 0 aromatic heterocycles. The number of aliphatic carboxylic acids is 3. The van der Waals surface area contributed by atoms with Gasteiger partial charge in [-0.15, -0.1) is 6.58 Å². The zero-order valence-electron chi connectivity index (χ0n) is 35.5. The summed E-state index contributed by atoms with van der Waals surface area (Å²) >= 11 is 6.15. The summed E-state index contributed by atoms with van der Waals surface area (Å²) in [5.74, 6) is -10.2. The summed E-state index contributed by atoms with van der Waals surface area (Å²) in [6.07, 6.45) is -3.53. The van der Waals surface area contributed by atoms with Crippen molar-refractivity contribution in [3.8, 4) is 0 Å². The van der Waals surface area contributed by atoms with Crippen molar-refractivity contribution in [1.82, 2.24) is 31.9 Å². The van der Waals surface area contributed by atoms with Crippen LogP contribution < -0.4 is 31.9 Å². The average Bonchev–Trinajstić information content (AvgIpc) is 3.13. The third-order valence-electron chi connectivity index (χ3n) is 8.96. The SMILES string of the molecule is C=CCC(NC(=O)[C@H](CC(C)C)NC(=O)[C@@H](NC(=O)[C@H](Cc1ccc(Cl)cc1C)NC(=O)[C@H](CCC(=O)O)NC(=O)[C@H](CC(=O)O)NC(=O)CCC(=O)O)C(C)(C)C)OB(O)O. The summed E-state index contributed by atoms with van der Waals surface area (Å²) in [5, 5.41) is 61.3. The fourth-order valence-electron chi connectivity index (χ4n) is 5.85. The molecule has 344 valence electrons. The zero-order valence-corrected chi connectivity index (χ0v) is 36.2. The molecular formula is C39H58BClN6O15.